The molecule has 0 saturated heterocycles. The van der Waals surface area contributed by atoms with Gasteiger partial charge in [-0.1, -0.05) is 6.92 Å². The Balaban J connectivity index is 2.65. The Kier molecular flexibility index (Phi) is 2.46. The maximum absolute atomic E-state index is 9.67. The first-order chi connectivity index (χ1) is 7.24. The summed E-state index contributed by atoms with van der Waals surface area (Å²) in [4.78, 5) is 4.36. The van der Waals surface area contributed by atoms with Gasteiger partial charge in [-0.3, -0.25) is 0 Å². The van der Waals surface area contributed by atoms with E-state index >= 15 is 0 Å². The van der Waals surface area contributed by atoms with E-state index < -0.39 is 0 Å². The lowest BCUT2D eigenvalue weighted by molar-refractivity contribution is 0.415. The summed E-state index contributed by atoms with van der Waals surface area (Å²) in [6.07, 6.45) is 0.730. The zero-order valence-corrected chi connectivity index (χ0v) is 8.82. The number of nitrogens with zero attached hydrogens (tertiary/aromatic N) is 1. The molecule has 0 saturated carbocycles. The molecule has 0 aliphatic heterocycles. The Morgan fingerprint density at radius 2 is 2.13 bits per heavy atom. The average molecular weight is 203 g/mol. The summed E-state index contributed by atoms with van der Waals surface area (Å²) in [7, 11) is 1.62. The quantitative estimate of drug-likeness (QED) is 0.815. The normalized spacial score (nSPS) is 10.5. The van der Waals surface area contributed by atoms with Crippen LogP contribution >= 0.6 is 0 Å². The lowest BCUT2D eigenvalue weighted by Crippen LogP contribution is -1.90. The van der Waals surface area contributed by atoms with Crippen LogP contribution in [0.5, 0.6) is 11.5 Å². The molecule has 1 N–H and O–H groups in total. The second-order valence-electron chi connectivity index (χ2n) is 3.37. The number of methoxy groups -OCH3 is 1. The van der Waals surface area contributed by atoms with E-state index in [4.69, 9.17) is 4.74 Å². The fraction of sp³-hybridized carbons (Fsp3) is 0.250. The van der Waals surface area contributed by atoms with Crippen molar-refractivity contribution in [2.24, 2.45) is 0 Å². The molecule has 0 bridgehead atoms. The summed E-state index contributed by atoms with van der Waals surface area (Å²) < 4.78 is 5.11. The summed E-state index contributed by atoms with van der Waals surface area (Å²) in [5.41, 5.74) is 1.61. The van der Waals surface area contributed by atoms with Crippen LogP contribution in [-0.4, -0.2) is 17.2 Å². The monoisotopic (exact) mass is 203 g/mol. The van der Waals surface area contributed by atoms with Gasteiger partial charge in [0.15, 0.2) is 0 Å². The smallest absolute Gasteiger partial charge is 0.137 e. The van der Waals surface area contributed by atoms with Crippen LogP contribution < -0.4 is 4.74 Å². The van der Waals surface area contributed by atoms with E-state index in [9.17, 15) is 5.11 Å². The van der Waals surface area contributed by atoms with Gasteiger partial charge in [-0.05, 0) is 30.7 Å². The highest BCUT2D eigenvalue weighted by molar-refractivity contribution is 5.81. The Bertz CT molecular complexity index is 494. The SMILES string of the molecule is CCc1nc2ccc(OC)cc2cc1O. The first-order valence-electron chi connectivity index (χ1n) is 4.91. The van der Waals surface area contributed by atoms with Gasteiger partial charge < -0.3 is 9.84 Å². The first kappa shape index (κ1) is 9.77. The molecule has 3 heteroatoms. The number of hydrogen-bond donors (Lipinski definition) is 1. The fourth-order valence-corrected chi connectivity index (χ4v) is 1.57. The number of aromatic nitrogens is 1. The van der Waals surface area contributed by atoms with Crippen LogP contribution in [-0.2, 0) is 6.42 Å². The van der Waals surface area contributed by atoms with Crippen LogP contribution in [0.3, 0.4) is 0 Å². The highest BCUT2D eigenvalue weighted by atomic mass is 16.5. The van der Waals surface area contributed by atoms with E-state index in [1.807, 2.05) is 25.1 Å². The summed E-state index contributed by atoms with van der Waals surface area (Å²) in [5, 5.41) is 10.6. The molecule has 1 heterocycles. The molecule has 0 radical (unpaired) electrons. The third kappa shape index (κ3) is 1.73. The molecule has 0 atom stereocenters. The van der Waals surface area contributed by atoms with Crippen molar-refractivity contribution in [2.75, 3.05) is 7.11 Å². The number of rotatable bonds is 2. The summed E-state index contributed by atoms with van der Waals surface area (Å²) in [6.45, 7) is 1.97. The molecule has 3 nitrogen and oxygen atoms in total. The Morgan fingerprint density at radius 1 is 1.33 bits per heavy atom. The Morgan fingerprint density at radius 3 is 2.80 bits per heavy atom. The molecule has 0 amide bonds. The van der Waals surface area contributed by atoms with Gasteiger partial charge in [0.05, 0.1) is 18.3 Å². The first-order valence-corrected chi connectivity index (χ1v) is 4.91. The largest absolute Gasteiger partial charge is 0.506 e. The molecule has 78 valence electrons. The van der Waals surface area contributed by atoms with Crippen molar-refractivity contribution in [1.82, 2.24) is 4.98 Å². The molecular formula is C12H13NO2. The van der Waals surface area contributed by atoms with Gasteiger partial charge >= 0.3 is 0 Å². The van der Waals surface area contributed by atoms with Crippen LogP contribution in [0.15, 0.2) is 24.3 Å². The Labute approximate surface area is 88.3 Å². The number of ether oxygens (including phenoxy) is 1. The van der Waals surface area contributed by atoms with Gasteiger partial charge in [0, 0.05) is 5.39 Å². The molecule has 0 aliphatic rings. The molecule has 0 spiro atoms. The molecular weight excluding hydrogens is 190 g/mol. The summed E-state index contributed by atoms with van der Waals surface area (Å²) in [5.74, 6) is 1.02. The Hall–Kier alpha value is -1.77. The predicted molar refractivity (Wildman–Crippen MR) is 59.3 cm³/mol. The van der Waals surface area contributed by atoms with Crippen molar-refractivity contribution in [3.63, 3.8) is 0 Å². The summed E-state index contributed by atoms with van der Waals surface area (Å²) in [6, 6.07) is 7.35. The standard InChI is InChI=1S/C12H13NO2/c1-3-10-12(14)7-8-6-9(15-2)4-5-11(8)13-10/h4-7,14H,3H2,1-2H3. The van der Waals surface area contributed by atoms with Crippen molar-refractivity contribution in [2.45, 2.75) is 13.3 Å². The van der Waals surface area contributed by atoms with Crippen molar-refractivity contribution in [1.29, 1.82) is 0 Å². The van der Waals surface area contributed by atoms with Gasteiger partial charge in [0.1, 0.15) is 11.5 Å². The van der Waals surface area contributed by atoms with E-state index in [2.05, 4.69) is 4.98 Å². The minimum atomic E-state index is 0.248. The molecule has 2 rings (SSSR count). The van der Waals surface area contributed by atoms with Gasteiger partial charge in [0.2, 0.25) is 0 Å². The molecule has 1 aromatic heterocycles. The predicted octanol–water partition coefficient (Wildman–Crippen LogP) is 2.51. The van der Waals surface area contributed by atoms with Crippen molar-refractivity contribution in [3.05, 3.63) is 30.0 Å². The van der Waals surface area contributed by atoms with E-state index in [0.717, 1.165) is 28.8 Å². The van der Waals surface area contributed by atoms with Crippen LogP contribution in [0.2, 0.25) is 0 Å². The number of benzene rings is 1. The topological polar surface area (TPSA) is 42.4 Å². The zero-order chi connectivity index (χ0) is 10.8. The molecule has 15 heavy (non-hydrogen) atoms. The van der Waals surface area contributed by atoms with Gasteiger partial charge in [-0.25, -0.2) is 4.98 Å². The third-order valence-electron chi connectivity index (χ3n) is 2.41. The van der Waals surface area contributed by atoms with Gasteiger partial charge in [0.25, 0.3) is 0 Å². The second kappa shape index (κ2) is 3.77. The summed E-state index contributed by atoms with van der Waals surface area (Å²) >= 11 is 0. The number of aryl methyl sites for hydroxylation is 1. The minimum absolute atomic E-state index is 0.248. The zero-order valence-electron chi connectivity index (χ0n) is 8.82. The highest BCUT2D eigenvalue weighted by Crippen LogP contribution is 2.25. The van der Waals surface area contributed by atoms with Gasteiger partial charge in [-0.2, -0.15) is 0 Å². The van der Waals surface area contributed by atoms with E-state index in [0.29, 0.717) is 0 Å². The lowest BCUT2D eigenvalue weighted by atomic mass is 10.1. The minimum Gasteiger partial charge on any atom is -0.506 e. The number of hydrogen-bond acceptors (Lipinski definition) is 3. The number of aromatic hydroxyl groups is 1. The van der Waals surface area contributed by atoms with Crippen LogP contribution in [0.4, 0.5) is 0 Å². The van der Waals surface area contributed by atoms with Crippen molar-refractivity contribution in [3.8, 4) is 11.5 Å². The van der Waals surface area contributed by atoms with E-state index in [-0.39, 0.29) is 5.75 Å². The van der Waals surface area contributed by atoms with E-state index in [1.54, 1.807) is 13.2 Å². The van der Waals surface area contributed by atoms with Crippen LogP contribution in [0.1, 0.15) is 12.6 Å². The average Bonchev–Trinajstić information content (AvgIpc) is 2.27. The highest BCUT2D eigenvalue weighted by Gasteiger charge is 2.04. The molecule has 0 fully saturated rings. The van der Waals surface area contributed by atoms with Crippen molar-refractivity contribution < 1.29 is 9.84 Å². The maximum Gasteiger partial charge on any atom is 0.137 e. The van der Waals surface area contributed by atoms with Crippen LogP contribution in [0, 0.1) is 0 Å². The molecule has 2 aromatic rings. The van der Waals surface area contributed by atoms with Crippen LogP contribution in [0.25, 0.3) is 10.9 Å². The molecule has 1 aromatic carbocycles. The second-order valence-corrected chi connectivity index (χ2v) is 3.37. The fourth-order valence-electron chi connectivity index (χ4n) is 1.57. The van der Waals surface area contributed by atoms with Gasteiger partial charge in [-0.15, -0.1) is 0 Å². The molecule has 0 unspecified atom stereocenters. The molecule has 0 aliphatic carbocycles. The third-order valence-corrected chi connectivity index (χ3v) is 2.41. The number of pyridine rings is 1. The van der Waals surface area contributed by atoms with Crippen molar-refractivity contribution >= 4 is 10.9 Å². The lowest BCUT2D eigenvalue weighted by Gasteiger charge is -2.05. The van der Waals surface area contributed by atoms with E-state index in [1.165, 1.54) is 0 Å². The maximum atomic E-state index is 9.67. The number of fused-ring (bicyclic) bond motifs is 1.